The zero-order valence-corrected chi connectivity index (χ0v) is 22.1. The van der Waals surface area contributed by atoms with Crippen LogP contribution >= 0.6 is 22.9 Å². The number of anilines is 5. The molecule has 1 fully saturated rings. The highest BCUT2D eigenvalue weighted by atomic mass is 32.1. The van der Waals surface area contributed by atoms with E-state index in [1.54, 1.807) is 11.3 Å². The van der Waals surface area contributed by atoms with E-state index in [-0.39, 0.29) is 0 Å². The number of hydrogen-bond donors (Lipinski definition) is 4. The van der Waals surface area contributed by atoms with Gasteiger partial charge in [0.1, 0.15) is 10.8 Å². The number of hydrazine groups is 2. The van der Waals surface area contributed by atoms with Crippen LogP contribution in [0.5, 0.6) is 0 Å². The highest BCUT2D eigenvalue weighted by molar-refractivity contribution is 7.20. The fourth-order valence-corrected chi connectivity index (χ4v) is 5.34. The van der Waals surface area contributed by atoms with Gasteiger partial charge in [0.2, 0.25) is 5.13 Å². The third kappa shape index (κ3) is 5.92. The van der Waals surface area contributed by atoms with Gasteiger partial charge in [0.25, 0.3) is 0 Å². The Hall–Kier alpha value is -3.70. The van der Waals surface area contributed by atoms with Crippen LogP contribution in [0.4, 0.5) is 37.9 Å². The minimum absolute atomic E-state index is 0.557. The van der Waals surface area contributed by atoms with Crippen molar-refractivity contribution in [3.05, 3.63) is 65.5 Å². The number of azo groups is 1. The zero-order valence-electron chi connectivity index (χ0n) is 20.5. The lowest BCUT2D eigenvalue weighted by Crippen LogP contribution is -2.15. The molecule has 0 bridgehead atoms. The Morgan fingerprint density at radius 2 is 1.56 bits per heavy atom. The molecular weight excluding hydrogens is 490 g/mol. The Bertz CT molecular complexity index is 1360. The van der Waals surface area contributed by atoms with Crippen LogP contribution in [0, 0.1) is 20.8 Å². The van der Waals surface area contributed by atoms with Gasteiger partial charge in [0, 0.05) is 24.6 Å². The van der Waals surface area contributed by atoms with Crippen molar-refractivity contribution >= 4 is 60.8 Å². The van der Waals surface area contributed by atoms with Crippen LogP contribution in [0.15, 0.2) is 58.8 Å². The maximum absolute atomic E-state index is 4.30. The number of nitrogens with zero attached hydrogens (tertiary/aromatic N) is 5. The fourth-order valence-electron chi connectivity index (χ4n) is 3.93. The van der Waals surface area contributed by atoms with Crippen molar-refractivity contribution in [1.29, 1.82) is 0 Å². The second-order valence-electron chi connectivity index (χ2n) is 8.69. The number of aryl methyl sites for hydroxylation is 3. The van der Waals surface area contributed by atoms with E-state index in [1.165, 1.54) is 29.4 Å². The second-order valence-corrected chi connectivity index (χ2v) is 10.5. The smallest absolute Gasteiger partial charge is 0.249 e. The Balaban J connectivity index is 1.14. The Labute approximate surface area is 218 Å². The summed E-state index contributed by atoms with van der Waals surface area (Å²) < 4.78 is 4.12. The molecule has 0 saturated carbocycles. The summed E-state index contributed by atoms with van der Waals surface area (Å²) in [7, 11) is 0. The van der Waals surface area contributed by atoms with Crippen LogP contribution in [0.2, 0.25) is 0 Å². The van der Waals surface area contributed by atoms with Crippen molar-refractivity contribution < 1.29 is 0 Å². The third-order valence-corrected chi connectivity index (χ3v) is 7.62. The largest absolute Gasteiger partial charge is 0.363 e. The molecular formula is C25H29N9S2. The van der Waals surface area contributed by atoms with Gasteiger partial charge in [-0.25, -0.2) is 4.98 Å². The normalized spacial score (nSPS) is 13.4. The highest BCUT2D eigenvalue weighted by Crippen LogP contribution is 2.32. The van der Waals surface area contributed by atoms with Crippen molar-refractivity contribution in [3.63, 3.8) is 0 Å². The minimum Gasteiger partial charge on any atom is -0.363 e. The van der Waals surface area contributed by atoms with Gasteiger partial charge in [-0.3, -0.25) is 5.43 Å². The molecule has 0 atom stereocenters. The fraction of sp³-hybridized carbons (Fsp3) is 0.280. The first-order valence-corrected chi connectivity index (χ1v) is 13.4. The Morgan fingerprint density at radius 3 is 2.28 bits per heavy atom. The molecule has 9 nitrogen and oxygen atoms in total. The highest BCUT2D eigenvalue weighted by Gasteiger charge is 2.14. The van der Waals surface area contributed by atoms with Gasteiger partial charge in [-0.15, -0.1) is 10.2 Å². The first kappa shape index (κ1) is 24.0. The summed E-state index contributed by atoms with van der Waals surface area (Å²) in [5, 5.41) is 11.5. The molecule has 1 aliphatic rings. The Morgan fingerprint density at radius 1 is 0.806 bits per heavy atom. The maximum atomic E-state index is 4.30. The topological polar surface area (TPSA) is 102 Å². The van der Waals surface area contributed by atoms with Crippen LogP contribution in [-0.4, -0.2) is 22.4 Å². The summed E-state index contributed by atoms with van der Waals surface area (Å²) >= 11 is 3.02. The van der Waals surface area contributed by atoms with Crippen molar-refractivity contribution in [2.75, 3.05) is 39.7 Å². The average Bonchev–Trinajstić information content (AvgIpc) is 3.64. The van der Waals surface area contributed by atoms with E-state index in [4.69, 9.17) is 0 Å². The average molecular weight is 520 g/mol. The standard InChI is InChI=1S/C25H29N9S2/c1-16-15-20(28-31-23-10-11-24(35-23)34-12-4-5-13-34)7-8-21(16)29-27-19-6-9-22(17(2)14-19)30-32-25-26-18(3)33-36-25/h6-11,14-15,27-29,31H,4-5,12-13H2,1-3H3/b32-30+. The van der Waals surface area contributed by atoms with Gasteiger partial charge in [0.15, 0.2) is 0 Å². The molecule has 186 valence electrons. The molecule has 5 rings (SSSR count). The van der Waals surface area contributed by atoms with Crippen molar-refractivity contribution in [3.8, 4) is 0 Å². The summed E-state index contributed by atoms with van der Waals surface area (Å²) in [6.07, 6.45) is 2.58. The predicted octanol–water partition coefficient (Wildman–Crippen LogP) is 7.42. The van der Waals surface area contributed by atoms with Gasteiger partial charge < -0.3 is 21.2 Å². The van der Waals surface area contributed by atoms with Crippen LogP contribution in [0.1, 0.15) is 29.8 Å². The van der Waals surface area contributed by atoms with Crippen molar-refractivity contribution in [2.24, 2.45) is 10.2 Å². The second kappa shape index (κ2) is 10.9. The van der Waals surface area contributed by atoms with Gasteiger partial charge in [0.05, 0.1) is 27.8 Å². The van der Waals surface area contributed by atoms with Crippen LogP contribution in [-0.2, 0) is 0 Å². The molecule has 1 aliphatic heterocycles. The molecule has 11 heteroatoms. The van der Waals surface area contributed by atoms with E-state index in [2.05, 4.69) is 77.4 Å². The lowest BCUT2D eigenvalue weighted by atomic mass is 10.2. The van der Waals surface area contributed by atoms with Gasteiger partial charge in [-0.05, 0) is 93.3 Å². The lowest BCUT2D eigenvalue weighted by molar-refractivity contribution is 0.949. The van der Waals surface area contributed by atoms with E-state index >= 15 is 0 Å². The van der Waals surface area contributed by atoms with E-state index < -0.39 is 0 Å². The number of hydrogen-bond acceptors (Lipinski definition) is 11. The lowest BCUT2D eigenvalue weighted by Gasteiger charge is -2.15. The number of benzene rings is 2. The quantitative estimate of drug-likeness (QED) is 0.135. The number of aromatic nitrogens is 2. The van der Waals surface area contributed by atoms with E-state index in [0.717, 1.165) is 52.0 Å². The molecule has 36 heavy (non-hydrogen) atoms. The molecule has 0 aliphatic carbocycles. The summed E-state index contributed by atoms with van der Waals surface area (Å²) in [6, 6.07) is 16.5. The summed E-state index contributed by atoms with van der Waals surface area (Å²) in [6.45, 7) is 8.25. The summed E-state index contributed by atoms with van der Waals surface area (Å²) in [5.41, 5.74) is 19.1. The monoisotopic (exact) mass is 519 g/mol. The molecule has 2 aromatic heterocycles. The number of thiophene rings is 1. The molecule has 4 aromatic rings. The zero-order chi connectivity index (χ0) is 24.9. The Kier molecular flexibility index (Phi) is 7.28. The molecule has 1 saturated heterocycles. The molecule has 4 N–H and O–H groups in total. The van der Waals surface area contributed by atoms with Crippen LogP contribution < -0.4 is 26.6 Å². The van der Waals surface area contributed by atoms with Crippen molar-refractivity contribution in [1.82, 2.24) is 9.36 Å². The predicted molar refractivity (Wildman–Crippen MR) is 151 cm³/mol. The van der Waals surface area contributed by atoms with Gasteiger partial charge in [-0.1, -0.05) is 11.3 Å². The van der Waals surface area contributed by atoms with E-state index in [9.17, 15) is 0 Å². The molecule has 0 radical (unpaired) electrons. The summed E-state index contributed by atoms with van der Waals surface area (Å²) in [5.74, 6) is 0.709. The third-order valence-electron chi connectivity index (χ3n) is 5.86. The SMILES string of the molecule is Cc1nsc(/N=N/c2ccc(NNc3ccc(NNc4ccc(N5CCCC5)s4)cc3C)cc2C)n1. The summed E-state index contributed by atoms with van der Waals surface area (Å²) in [4.78, 5) is 6.66. The molecule has 3 heterocycles. The molecule has 0 amide bonds. The minimum atomic E-state index is 0.557. The molecule has 0 unspecified atom stereocenters. The molecule has 0 spiro atoms. The van der Waals surface area contributed by atoms with Crippen LogP contribution in [0.25, 0.3) is 0 Å². The van der Waals surface area contributed by atoms with Crippen molar-refractivity contribution in [2.45, 2.75) is 33.6 Å². The van der Waals surface area contributed by atoms with E-state index in [0.29, 0.717) is 11.0 Å². The van der Waals surface area contributed by atoms with Gasteiger partial charge >= 0.3 is 0 Å². The first-order chi connectivity index (χ1) is 17.5. The van der Waals surface area contributed by atoms with E-state index in [1.807, 2.05) is 38.1 Å². The first-order valence-electron chi connectivity index (χ1n) is 11.9. The molecule has 2 aromatic carbocycles. The van der Waals surface area contributed by atoms with Gasteiger partial charge in [-0.2, -0.15) is 4.37 Å². The number of nitrogens with one attached hydrogen (secondary N) is 4. The number of rotatable bonds is 9. The van der Waals surface area contributed by atoms with Crippen LogP contribution in [0.3, 0.4) is 0 Å². The maximum Gasteiger partial charge on any atom is 0.249 e.